The first-order valence-electron chi connectivity index (χ1n) is 14.9. The van der Waals surface area contributed by atoms with Gasteiger partial charge in [0.25, 0.3) is 0 Å². The molecule has 11 heteroatoms. The van der Waals surface area contributed by atoms with Crippen molar-refractivity contribution in [2.45, 2.75) is 57.0 Å². The van der Waals surface area contributed by atoms with Crippen LogP contribution in [0.15, 0.2) is 41.5 Å². The van der Waals surface area contributed by atoms with Gasteiger partial charge in [0.2, 0.25) is 11.8 Å². The largest absolute Gasteiger partial charge is 0.497 e. The molecule has 0 aliphatic heterocycles. The number of rotatable bonds is 7. The topological polar surface area (TPSA) is 121 Å². The van der Waals surface area contributed by atoms with Gasteiger partial charge in [-0.25, -0.2) is 9.78 Å². The van der Waals surface area contributed by atoms with Crippen molar-refractivity contribution in [1.29, 1.82) is 0 Å². The predicted molar refractivity (Wildman–Crippen MR) is 164 cm³/mol. The maximum Gasteiger partial charge on any atom is 0.329 e. The monoisotopic (exact) mass is 583 g/mol. The van der Waals surface area contributed by atoms with Crippen LogP contribution in [0.1, 0.15) is 51.5 Å². The summed E-state index contributed by atoms with van der Waals surface area (Å²) in [6.07, 6.45) is 8.86. The maximum atomic E-state index is 13.9. The van der Waals surface area contributed by atoms with Gasteiger partial charge in [-0.05, 0) is 63.1 Å². The second-order valence-corrected chi connectivity index (χ2v) is 12.3. The molecule has 1 aromatic carbocycles. The fraction of sp³-hybridized carbons (Fsp3) is 0.438. The van der Waals surface area contributed by atoms with E-state index in [9.17, 15) is 9.59 Å². The minimum atomic E-state index is -0.256. The molecule has 5 aromatic rings. The van der Waals surface area contributed by atoms with Crippen molar-refractivity contribution in [2.75, 3.05) is 14.2 Å². The molecule has 43 heavy (non-hydrogen) atoms. The number of nitrogens with zero attached hydrogens (tertiary/aromatic N) is 5. The summed E-state index contributed by atoms with van der Waals surface area (Å²) in [5.74, 6) is 1.59. The van der Waals surface area contributed by atoms with Gasteiger partial charge in [-0.3, -0.25) is 18.6 Å². The summed E-state index contributed by atoms with van der Waals surface area (Å²) in [4.78, 5) is 34.9. The molecule has 11 nitrogen and oxygen atoms in total. The Bertz CT molecular complexity index is 1920. The molecular weight excluding hydrogens is 546 g/mol. The summed E-state index contributed by atoms with van der Waals surface area (Å²) in [5.41, 5.74) is 5.45. The Balaban J connectivity index is 1.42. The molecule has 2 fully saturated rings. The number of benzene rings is 1. The van der Waals surface area contributed by atoms with E-state index >= 15 is 0 Å². The lowest BCUT2D eigenvalue weighted by molar-refractivity contribution is -0.124. The highest BCUT2D eigenvalue weighted by Crippen LogP contribution is 2.45. The molecule has 2 N–H and O–H groups in total. The Hall–Kier alpha value is -4.54. The molecule has 224 valence electrons. The van der Waals surface area contributed by atoms with Crippen molar-refractivity contribution < 1.29 is 14.3 Å². The first-order valence-corrected chi connectivity index (χ1v) is 14.9. The zero-order chi connectivity index (χ0) is 30.0. The molecule has 0 bridgehead atoms. The number of fused-ring (bicyclic) bond motifs is 3. The highest BCUT2D eigenvalue weighted by Gasteiger charge is 2.38. The van der Waals surface area contributed by atoms with Gasteiger partial charge in [-0.15, -0.1) is 5.10 Å². The number of aryl methyl sites for hydroxylation is 2. The zero-order valence-electron chi connectivity index (χ0n) is 25.2. The molecule has 4 heterocycles. The van der Waals surface area contributed by atoms with Crippen LogP contribution in [0.2, 0.25) is 0 Å². The third-order valence-electron chi connectivity index (χ3n) is 9.30. The van der Waals surface area contributed by atoms with E-state index in [1.807, 2.05) is 49.1 Å². The van der Waals surface area contributed by atoms with Gasteiger partial charge in [0.05, 0.1) is 48.1 Å². The van der Waals surface area contributed by atoms with Crippen LogP contribution < -0.4 is 20.5 Å². The van der Waals surface area contributed by atoms with Crippen molar-refractivity contribution in [3.63, 3.8) is 0 Å². The quantitative estimate of drug-likeness (QED) is 0.287. The lowest BCUT2D eigenvalue weighted by atomic mass is 9.80. The van der Waals surface area contributed by atoms with Crippen molar-refractivity contribution in [2.24, 2.45) is 20.0 Å². The van der Waals surface area contributed by atoms with Gasteiger partial charge >= 0.3 is 5.69 Å². The summed E-state index contributed by atoms with van der Waals surface area (Å²) < 4.78 is 16.5. The van der Waals surface area contributed by atoms with E-state index < -0.39 is 0 Å². The van der Waals surface area contributed by atoms with Crippen molar-refractivity contribution in [3.05, 3.63) is 47.1 Å². The van der Waals surface area contributed by atoms with Crippen molar-refractivity contribution in [1.82, 2.24) is 34.2 Å². The minimum absolute atomic E-state index is 0.0114. The van der Waals surface area contributed by atoms with E-state index in [1.54, 1.807) is 29.7 Å². The van der Waals surface area contributed by atoms with Crippen LogP contribution in [0.3, 0.4) is 0 Å². The lowest BCUT2D eigenvalue weighted by Gasteiger charge is -2.38. The van der Waals surface area contributed by atoms with E-state index in [4.69, 9.17) is 14.5 Å². The lowest BCUT2D eigenvalue weighted by Crippen LogP contribution is -2.49. The van der Waals surface area contributed by atoms with Crippen LogP contribution >= 0.6 is 0 Å². The van der Waals surface area contributed by atoms with Gasteiger partial charge in [-0.2, -0.15) is 0 Å². The zero-order valence-corrected chi connectivity index (χ0v) is 25.2. The Morgan fingerprint density at radius 1 is 1.07 bits per heavy atom. The Morgan fingerprint density at radius 2 is 1.79 bits per heavy atom. The fourth-order valence-electron chi connectivity index (χ4n) is 6.72. The van der Waals surface area contributed by atoms with Gasteiger partial charge in [0.1, 0.15) is 11.4 Å². The Morgan fingerprint density at radius 3 is 2.44 bits per heavy atom. The molecule has 2 saturated carbocycles. The number of methoxy groups -OCH3 is 2. The SMILES string of the molecule is COc1ccc(-c2c(-c3cn(C)nc3OC)[nH]c3ncc4c(c23)n([C@H]2CC[C@@](C)(NC(=O)C3CC3)CC2)c(=O)n4C)cc1. The van der Waals surface area contributed by atoms with E-state index in [1.165, 1.54) is 0 Å². The van der Waals surface area contributed by atoms with Gasteiger partial charge in [0, 0.05) is 43.4 Å². The number of nitrogens with one attached hydrogen (secondary N) is 2. The average molecular weight is 584 g/mol. The number of hydrogen-bond acceptors (Lipinski definition) is 6. The summed E-state index contributed by atoms with van der Waals surface area (Å²) in [5, 5.41) is 8.69. The third-order valence-corrected chi connectivity index (χ3v) is 9.30. The van der Waals surface area contributed by atoms with Crippen LogP contribution in [-0.2, 0) is 18.9 Å². The molecule has 2 aliphatic rings. The number of aromatic nitrogens is 6. The summed E-state index contributed by atoms with van der Waals surface area (Å²) >= 11 is 0. The molecule has 0 unspecified atom stereocenters. The first-order chi connectivity index (χ1) is 20.7. The minimum Gasteiger partial charge on any atom is -0.497 e. The first kappa shape index (κ1) is 27.3. The van der Waals surface area contributed by atoms with E-state index in [2.05, 4.69) is 22.3 Å². The average Bonchev–Trinajstić information content (AvgIpc) is 3.63. The number of hydrogen-bond donors (Lipinski definition) is 2. The predicted octanol–water partition coefficient (Wildman–Crippen LogP) is 4.70. The van der Waals surface area contributed by atoms with Crippen LogP contribution in [0.5, 0.6) is 11.6 Å². The summed E-state index contributed by atoms with van der Waals surface area (Å²) in [6, 6.07) is 7.89. The van der Waals surface area contributed by atoms with Crippen LogP contribution in [0.4, 0.5) is 0 Å². The molecule has 7 rings (SSSR count). The van der Waals surface area contributed by atoms with Gasteiger partial charge in [0.15, 0.2) is 0 Å². The Kier molecular flexibility index (Phi) is 6.37. The number of aromatic amines is 1. The Labute approximate surface area is 248 Å². The molecule has 0 atom stereocenters. The van der Waals surface area contributed by atoms with Crippen LogP contribution in [0, 0.1) is 5.92 Å². The third kappa shape index (κ3) is 4.49. The van der Waals surface area contributed by atoms with Crippen LogP contribution in [0.25, 0.3) is 44.5 Å². The number of carbonyl (C=O) groups is 1. The molecular formula is C32H37N7O4. The normalized spacial score (nSPS) is 20.5. The molecule has 0 spiro atoms. The smallest absolute Gasteiger partial charge is 0.329 e. The van der Waals surface area contributed by atoms with E-state index in [-0.39, 0.29) is 29.1 Å². The second kappa shape index (κ2) is 10.0. The summed E-state index contributed by atoms with van der Waals surface area (Å²) in [7, 11) is 6.92. The van der Waals surface area contributed by atoms with Crippen molar-refractivity contribution >= 4 is 28.0 Å². The number of pyridine rings is 1. The number of carbonyl (C=O) groups excluding carboxylic acids is 1. The molecule has 2 aliphatic carbocycles. The highest BCUT2D eigenvalue weighted by atomic mass is 16.5. The standard InChI is InChI=1S/C32H37N7O4/c1-32(35-29(40)19-6-7-19)14-12-20(13-15-32)39-27-23(38(3)31(39)41)16-33-28-25(27)24(18-8-10-21(42-4)11-9-18)26(34-28)22-17-37(2)36-30(22)43-5/h8-11,16-17,19-20H,6-7,12-15H2,1-5H3,(H,33,34)(H,35,40)/t20-,32+. The molecule has 0 saturated heterocycles. The number of amides is 1. The summed E-state index contributed by atoms with van der Waals surface area (Å²) in [6.45, 7) is 2.14. The van der Waals surface area contributed by atoms with Crippen molar-refractivity contribution in [3.8, 4) is 34.0 Å². The molecule has 4 aromatic heterocycles. The maximum absolute atomic E-state index is 13.9. The molecule has 0 radical (unpaired) electrons. The second-order valence-electron chi connectivity index (χ2n) is 12.3. The van der Waals surface area contributed by atoms with Gasteiger partial charge < -0.3 is 19.8 Å². The number of H-pyrrole nitrogens is 1. The van der Waals surface area contributed by atoms with E-state index in [0.717, 1.165) is 83.1 Å². The molecule has 1 amide bonds. The number of ether oxygens (including phenoxy) is 2. The van der Waals surface area contributed by atoms with E-state index in [0.29, 0.717) is 11.5 Å². The van der Waals surface area contributed by atoms with Gasteiger partial charge in [-0.1, -0.05) is 12.1 Å². The van der Waals surface area contributed by atoms with Crippen LogP contribution in [-0.4, -0.2) is 54.5 Å². The number of imidazole rings is 1. The fourth-order valence-corrected chi connectivity index (χ4v) is 6.72. The highest BCUT2D eigenvalue weighted by molar-refractivity contribution is 6.14.